The van der Waals surface area contributed by atoms with Crippen molar-refractivity contribution in [1.29, 1.82) is 0 Å². The van der Waals surface area contributed by atoms with Gasteiger partial charge in [-0.1, -0.05) is 6.92 Å². The van der Waals surface area contributed by atoms with Gasteiger partial charge in [-0.3, -0.25) is 5.10 Å². The molecule has 0 bridgehead atoms. The van der Waals surface area contributed by atoms with Crippen LogP contribution in [-0.4, -0.2) is 29.1 Å². The van der Waals surface area contributed by atoms with E-state index in [0.717, 1.165) is 28.7 Å². The van der Waals surface area contributed by atoms with Gasteiger partial charge >= 0.3 is 0 Å². The molecule has 0 saturated carbocycles. The van der Waals surface area contributed by atoms with Crippen LogP contribution in [0.4, 0.5) is 0 Å². The molecule has 6 nitrogen and oxygen atoms in total. The van der Waals surface area contributed by atoms with Gasteiger partial charge in [-0.2, -0.15) is 5.10 Å². The van der Waals surface area contributed by atoms with Crippen molar-refractivity contribution < 1.29 is 9.47 Å². The van der Waals surface area contributed by atoms with Crippen LogP contribution in [0, 0.1) is 4.77 Å². The Morgan fingerprint density at radius 2 is 2.14 bits per heavy atom. The van der Waals surface area contributed by atoms with Crippen LogP contribution in [0.15, 0.2) is 16.6 Å². The summed E-state index contributed by atoms with van der Waals surface area (Å²) in [6, 6.07) is 3.91. The zero-order valence-corrected chi connectivity index (χ0v) is 15.2. The standard InChI is InChI=1S/C14H19BrN4O2S/c1-4-5-12-17-18-14(22)19(12)16-8-9-6-10(15)13(21-3)11(7-9)20-2/h6-7,16H,4-5,8H2,1-3H3,(H,18,22). The largest absolute Gasteiger partial charge is 0.493 e. The minimum atomic E-state index is 0.558. The Hall–Kier alpha value is -1.54. The molecule has 1 aromatic heterocycles. The molecule has 0 atom stereocenters. The first-order valence-electron chi connectivity index (χ1n) is 6.91. The van der Waals surface area contributed by atoms with Crippen LogP contribution in [0.2, 0.25) is 0 Å². The maximum atomic E-state index is 5.35. The molecule has 8 heteroatoms. The van der Waals surface area contributed by atoms with Crippen LogP contribution in [0.5, 0.6) is 11.5 Å². The lowest BCUT2D eigenvalue weighted by Crippen LogP contribution is -2.17. The molecule has 1 aromatic carbocycles. The third-order valence-electron chi connectivity index (χ3n) is 3.15. The van der Waals surface area contributed by atoms with E-state index >= 15 is 0 Å². The van der Waals surface area contributed by atoms with Crippen LogP contribution in [0.1, 0.15) is 24.7 Å². The van der Waals surface area contributed by atoms with E-state index in [1.54, 1.807) is 14.2 Å². The highest BCUT2D eigenvalue weighted by Gasteiger charge is 2.11. The fourth-order valence-electron chi connectivity index (χ4n) is 2.13. The van der Waals surface area contributed by atoms with Gasteiger partial charge in [0.2, 0.25) is 4.77 Å². The Morgan fingerprint density at radius 3 is 2.77 bits per heavy atom. The summed E-state index contributed by atoms with van der Waals surface area (Å²) in [5, 5.41) is 7.04. The first-order chi connectivity index (χ1) is 10.6. The SMILES string of the molecule is CCCc1n[nH]c(=S)n1NCc1cc(Br)c(OC)c(OC)c1. The van der Waals surface area contributed by atoms with Gasteiger partial charge in [0.25, 0.3) is 0 Å². The van der Waals surface area contributed by atoms with Gasteiger partial charge in [0.15, 0.2) is 17.3 Å². The minimum Gasteiger partial charge on any atom is -0.493 e. The monoisotopic (exact) mass is 386 g/mol. The van der Waals surface area contributed by atoms with Crippen molar-refractivity contribution in [2.75, 3.05) is 19.6 Å². The van der Waals surface area contributed by atoms with Crippen molar-refractivity contribution in [3.8, 4) is 11.5 Å². The lowest BCUT2D eigenvalue weighted by atomic mass is 10.2. The predicted octanol–water partition coefficient (Wildman–Crippen LogP) is 3.42. The molecule has 0 saturated heterocycles. The van der Waals surface area contributed by atoms with Crippen LogP contribution < -0.4 is 14.9 Å². The first kappa shape index (κ1) is 16.8. The number of aromatic nitrogens is 3. The lowest BCUT2D eigenvalue weighted by molar-refractivity contribution is 0.352. The molecule has 2 aromatic rings. The molecular weight excluding hydrogens is 368 g/mol. The van der Waals surface area contributed by atoms with Gasteiger partial charge in [0.05, 0.1) is 25.2 Å². The quantitative estimate of drug-likeness (QED) is 0.713. The zero-order chi connectivity index (χ0) is 16.1. The molecule has 0 aliphatic carbocycles. The average molecular weight is 387 g/mol. The number of halogens is 1. The average Bonchev–Trinajstić information content (AvgIpc) is 2.85. The number of methoxy groups -OCH3 is 2. The molecule has 0 fully saturated rings. The molecule has 22 heavy (non-hydrogen) atoms. The summed E-state index contributed by atoms with van der Waals surface area (Å²) >= 11 is 8.74. The third kappa shape index (κ3) is 3.61. The van der Waals surface area contributed by atoms with Crippen molar-refractivity contribution in [3.63, 3.8) is 0 Å². The van der Waals surface area contributed by atoms with Crippen molar-refractivity contribution in [2.45, 2.75) is 26.3 Å². The molecule has 0 spiro atoms. The Bertz CT molecular complexity index is 699. The Kier molecular flexibility index (Phi) is 5.84. The molecule has 0 unspecified atom stereocenters. The maximum Gasteiger partial charge on any atom is 0.214 e. The highest BCUT2D eigenvalue weighted by molar-refractivity contribution is 9.10. The number of rotatable bonds is 7. The van der Waals surface area contributed by atoms with E-state index in [1.165, 1.54) is 0 Å². The number of nitrogens with one attached hydrogen (secondary N) is 2. The fourth-order valence-corrected chi connectivity index (χ4v) is 2.99. The number of hydrogen-bond donors (Lipinski definition) is 2. The second-order valence-electron chi connectivity index (χ2n) is 4.68. The van der Waals surface area contributed by atoms with E-state index in [9.17, 15) is 0 Å². The van der Waals surface area contributed by atoms with Crippen LogP contribution in [0.25, 0.3) is 0 Å². The van der Waals surface area contributed by atoms with Gasteiger partial charge in [-0.25, -0.2) is 4.68 Å². The maximum absolute atomic E-state index is 5.35. The van der Waals surface area contributed by atoms with Crippen LogP contribution in [-0.2, 0) is 13.0 Å². The number of aromatic amines is 1. The Labute approximate surface area is 142 Å². The molecule has 0 aliphatic heterocycles. The third-order valence-corrected chi connectivity index (χ3v) is 4.01. The Morgan fingerprint density at radius 1 is 1.36 bits per heavy atom. The molecule has 0 amide bonds. The van der Waals surface area contributed by atoms with E-state index in [2.05, 4.69) is 38.5 Å². The molecule has 0 radical (unpaired) electrons. The second-order valence-corrected chi connectivity index (χ2v) is 5.92. The minimum absolute atomic E-state index is 0.558. The normalized spacial score (nSPS) is 10.5. The van der Waals surface area contributed by atoms with Gasteiger partial charge < -0.3 is 14.9 Å². The highest BCUT2D eigenvalue weighted by atomic mass is 79.9. The lowest BCUT2D eigenvalue weighted by Gasteiger charge is -2.14. The van der Waals surface area contributed by atoms with E-state index < -0.39 is 0 Å². The molecule has 1 heterocycles. The van der Waals surface area contributed by atoms with Crippen LogP contribution >= 0.6 is 28.1 Å². The number of H-pyrrole nitrogens is 1. The molecule has 0 aliphatic rings. The summed E-state index contributed by atoms with van der Waals surface area (Å²) in [5.74, 6) is 2.25. The molecule has 2 N–H and O–H groups in total. The number of ether oxygens (including phenoxy) is 2. The highest BCUT2D eigenvalue weighted by Crippen LogP contribution is 2.36. The first-order valence-corrected chi connectivity index (χ1v) is 8.11. The summed E-state index contributed by atoms with van der Waals surface area (Å²) in [4.78, 5) is 0. The van der Waals surface area contributed by atoms with E-state index in [4.69, 9.17) is 21.7 Å². The topological polar surface area (TPSA) is 64.1 Å². The van der Waals surface area contributed by atoms with Crippen molar-refractivity contribution in [2.24, 2.45) is 0 Å². The number of hydrogen-bond acceptors (Lipinski definition) is 5. The summed E-state index contributed by atoms with van der Waals surface area (Å²) in [6.45, 7) is 2.69. The van der Waals surface area contributed by atoms with Crippen LogP contribution in [0.3, 0.4) is 0 Å². The number of benzene rings is 1. The second kappa shape index (κ2) is 7.64. The summed E-state index contributed by atoms with van der Waals surface area (Å²) in [6.07, 6.45) is 1.86. The Balaban J connectivity index is 2.20. The number of nitrogens with zero attached hydrogens (tertiary/aromatic N) is 2. The molecule has 2 rings (SSSR count). The van der Waals surface area contributed by atoms with E-state index in [-0.39, 0.29) is 0 Å². The zero-order valence-electron chi connectivity index (χ0n) is 12.8. The van der Waals surface area contributed by atoms with Gasteiger partial charge in [0.1, 0.15) is 0 Å². The van der Waals surface area contributed by atoms with Crippen molar-refractivity contribution in [3.05, 3.63) is 32.8 Å². The van der Waals surface area contributed by atoms with Gasteiger partial charge in [-0.05, 0) is 52.3 Å². The molecule has 120 valence electrons. The predicted molar refractivity (Wildman–Crippen MR) is 91.7 cm³/mol. The fraction of sp³-hybridized carbons (Fsp3) is 0.429. The summed E-state index contributed by atoms with van der Waals surface area (Å²) < 4.78 is 13.9. The smallest absolute Gasteiger partial charge is 0.214 e. The van der Waals surface area contributed by atoms with Crippen molar-refractivity contribution >= 4 is 28.1 Å². The summed E-state index contributed by atoms with van der Waals surface area (Å²) in [5.41, 5.74) is 4.32. The van der Waals surface area contributed by atoms with E-state index in [1.807, 2.05) is 16.8 Å². The van der Waals surface area contributed by atoms with Gasteiger partial charge in [0, 0.05) is 6.42 Å². The molecular formula is C14H19BrN4O2S. The number of aryl methyl sites for hydroxylation is 1. The van der Waals surface area contributed by atoms with Gasteiger partial charge in [-0.15, -0.1) is 0 Å². The van der Waals surface area contributed by atoms with Crippen molar-refractivity contribution in [1.82, 2.24) is 14.9 Å². The summed E-state index contributed by atoms with van der Waals surface area (Å²) in [7, 11) is 3.23. The van der Waals surface area contributed by atoms with E-state index in [0.29, 0.717) is 22.8 Å².